The Morgan fingerprint density at radius 1 is 0.952 bits per heavy atom. The number of hydrogen-bond donors (Lipinski definition) is 2. The van der Waals surface area contributed by atoms with Gasteiger partial charge in [0, 0.05) is 19.8 Å². The molecule has 0 saturated heterocycles. The van der Waals surface area contributed by atoms with Gasteiger partial charge in [0.05, 0.1) is 0 Å². The highest BCUT2D eigenvalue weighted by Crippen LogP contribution is 2.00. The standard InChI is InChI=1S/C9H10O2.C6H10O4/c1-8(10)11-7-9-5-3-2-4-6-9;7-5(8)3-1-2-4-6(9)10/h2-6H,7H2,1H3;1-4H2,(H,7,8)(H,9,10). The number of carboxylic acids is 2. The summed E-state index contributed by atoms with van der Waals surface area (Å²) in [5.41, 5.74) is 1.02. The molecule has 0 radical (unpaired) electrons. The second kappa shape index (κ2) is 11.5. The SMILES string of the molecule is CC(=O)OCc1ccccc1.O=C(O)CCCCC(=O)O. The van der Waals surface area contributed by atoms with Crippen LogP contribution in [0.25, 0.3) is 0 Å². The number of carbonyl (C=O) groups is 3. The number of carboxylic acid groups (broad SMARTS) is 2. The zero-order chi connectivity index (χ0) is 16.1. The zero-order valence-electron chi connectivity index (χ0n) is 11.9. The van der Waals surface area contributed by atoms with Gasteiger partial charge in [0.25, 0.3) is 0 Å². The van der Waals surface area contributed by atoms with Crippen molar-refractivity contribution in [1.29, 1.82) is 0 Å². The first-order valence-electron chi connectivity index (χ1n) is 6.52. The number of aliphatic carboxylic acids is 2. The molecule has 0 bridgehead atoms. The Morgan fingerprint density at radius 2 is 1.43 bits per heavy atom. The van der Waals surface area contributed by atoms with E-state index in [0.29, 0.717) is 19.4 Å². The van der Waals surface area contributed by atoms with Crippen LogP contribution in [0.5, 0.6) is 0 Å². The Hall–Kier alpha value is -2.37. The Kier molecular flexibility index (Phi) is 10.2. The Labute approximate surface area is 123 Å². The second-order valence-corrected chi connectivity index (χ2v) is 4.26. The Bertz CT molecular complexity index is 425. The van der Waals surface area contributed by atoms with Crippen molar-refractivity contribution in [2.75, 3.05) is 0 Å². The van der Waals surface area contributed by atoms with Crippen LogP contribution < -0.4 is 0 Å². The molecule has 0 saturated carbocycles. The molecule has 0 aliphatic rings. The van der Waals surface area contributed by atoms with Gasteiger partial charge in [-0.25, -0.2) is 0 Å². The first-order valence-corrected chi connectivity index (χ1v) is 6.52. The number of esters is 1. The first kappa shape index (κ1) is 18.6. The van der Waals surface area contributed by atoms with Gasteiger partial charge in [-0.2, -0.15) is 0 Å². The van der Waals surface area contributed by atoms with Crippen LogP contribution in [0, 0.1) is 0 Å². The van der Waals surface area contributed by atoms with Gasteiger partial charge in [0.15, 0.2) is 0 Å². The molecule has 0 amide bonds. The van der Waals surface area contributed by atoms with Gasteiger partial charge in [0.2, 0.25) is 0 Å². The maximum Gasteiger partial charge on any atom is 0.303 e. The predicted molar refractivity (Wildman–Crippen MR) is 75.7 cm³/mol. The van der Waals surface area contributed by atoms with Gasteiger partial charge >= 0.3 is 17.9 Å². The molecule has 0 aromatic heterocycles. The fourth-order valence-corrected chi connectivity index (χ4v) is 1.31. The fourth-order valence-electron chi connectivity index (χ4n) is 1.31. The summed E-state index contributed by atoms with van der Waals surface area (Å²) in [6, 6.07) is 9.60. The highest BCUT2D eigenvalue weighted by Gasteiger charge is 1.99. The van der Waals surface area contributed by atoms with Crippen LogP contribution in [0.2, 0.25) is 0 Å². The van der Waals surface area contributed by atoms with Crippen LogP contribution >= 0.6 is 0 Å². The monoisotopic (exact) mass is 296 g/mol. The summed E-state index contributed by atoms with van der Waals surface area (Å²) in [6.07, 6.45) is 1.02. The smallest absolute Gasteiger partial charge is 0.303 e. The lowest BCUT2D eigenvalue weighted by molar-refractivity contribution is -0.142. The minimum atomic E-state index is -0.870. The van der Waals surface area contributed by atoms with Gasteiger partial charge in [-0.05, 0) is 18.4 Å². The molecule has 6 nitrogen and oxygen atoms in total. The average molecular weight is 296 g/mol. The molecule has 1 rings (SSSR count). The number of rotatable bonds is 7. The predicted octanol–water partition coefficient (Wildman–Crippen LogP) is 2.47. The van der Waals surface area contributed by atoms with Crippen LogP contribution in [-0.2, 0) is 25.7 Å². The number of ether oxygens (including phenoxy) is 1. The van der Waals surface area contributed by atoms with E-state index in [1.165, 1.54) is 6.92 Å². The number of carbonyl (C=O) groups excluding carboxylic acids is 1. The van der Waals surface area contributed by atoms with Crippen molar-refractivity contribution in [2.24, 2.45) is 0 Å². The lowest BCUT2D eigenvalue weighted by Crippen LogP contribution is -1.97. The van der Waals surface area contributed by atoms with Crippen LogP contribution in [0.15, 0.2) is 30.3 Å². The summed E-state index contributed by atoms with van der Waals surface area (Å²) >= 11 is 0. The second-order valence-electron chi connectivity index (χ2n) is 4.26. The maximum absolute atomic E-state index is 10.4. The summed E-state index contributed by atoms with van der Waals surface area (Å²) in [4.78, 5) is 30.2. The molecular weight excluding hydrogens is 276 g/mol. The molecule has 1 aromatic rings. The van der Waals surface area contributed by atoms with Gasteiger partial charge < -0.3 is 14.9 Å². The van der Waals surface area contributed by atoms with Crippen molar-refractivity contribution in [3.05, 3.63) is 35.9 Å². The van der Waals surface area contributed by atoms with Gasteiger partial charge in [0.1, 0.15) is 6.61 Å². The van der Waals surface area contributed by atoms with Crippen LogP contribution in [-0.4, -0.2) is 28.1 Å². The molecule has 0 unspecified atom stereocenters. The third kappa shape index (κ3) is 13.9. The number of hydrogen-bond acceptors (Lipinski definition) is 4. The summed E-state index contributed by atoms with van der Waals surface area (Å²) in [5.74, 6) is -1.98. The van der Waals surface area contributed by atoms with Crippen molar-refractivity contribution >= 4 is 17.9 Å². The van der Waals surface area contributed by atoms with Crippen molar-refractivity contribution in [2.45, 2.75) is 39.2 Å². The molecule has 116 valence electrons. The van der Waals surface area contributed by atoms with E-state index >= 15 is 0 Å². The molecule has 21 heavy (non-hydrogen) atoms. The molecule has 0 aliphatic carbocycles. The lowest BCUT2D eigenvalue weighted by Gasteiger charge is -1.99. The molecule has 0 atom stereocenters. The van der Waals surface area contributed by atoms with E-state index < -0.39 is 11.9 Å². The third-order valence-corrected chi connectivity index (χ3v) is 2.32. The van der Waals surface area contributed by atoms with E-state index in [1.54, 1.807) is 0 Å². The topological polar surface area (TPSA) is 101 Å². The quantitative estimate of drug-likeness (QED) is 0.592. The highest BCUT2D eigenvalue weighted by atomic mass is 16.5. The minimum absolute atomic E-state index is 0.0628. The van der Waals surface area contributed by atoms with Crippen LogP contribution in [0.1, 0.15) is 38.2 Å². The highest BCUT2D eigenvalue weighted by molar-refractivity contribution is 5.68. The summed E-state index contributed by atoms with van der Waals surface area (Å²) in [7, 11) is 0. The van der Waals surface area contributed by atoms with E-state index in [1.807, 2.05) is 30.3 Å². The average Bonchev–Trinajstić information content (AvgIpc) is 2.43. The van der Waals surface area contributed by atoms with Gasteiger partial charge in [-0.3, -0.25) is 14.4 Å². The molecule has 1 aromatic carbocycles. The Morgan fingerprint density at radius 3 is 1.81 bits per heavy atom. The van der Waals surface area contributed by atoms with E-state index in [4.69, 9.17) is 14.9 Å². The lowest BCUT2D eigenvalue weighted by atomic mass is 10.2. The van der Waals surface area contributed by atoms with Crippen molar-refractivity contribution in [3.63, 3.8) is 0 Å². The maximum atomic E-state index is 10.4. The molecule has 0 aliphatic heterocycles. The first-order chi connectivity index (χ1) is 9.91. The molecule has 0 fully saturated rings. The largest absolute Gasteiger partial charge is 0.481 e. The minimum Gasteiger partial charge on any atom is -0.481 e. The van der Waals surface area contributed by atoms with Gasteiger partial charge in [-0.15, -0.1) is 0 Å². The summed E-state index contributed by atoms with van der Waals surface area (Å²) in [5, 5.41) is 16.3. The van der Waals surface area contributed by atoms with E-state index in [2.05, 4.69) is 0 Å². The van der Waals surface area contributed by atoms with Gasteiger partial charge in [-0.1, -0.05) is 30.3 Å². The van der Waals surface area contributed by atoms with Crippen molar-refractivity contribution in [3.8, 4) is 0 Å². The zero-order valence-corrected chi connectivity index (χ0v) is 11.9. The summed E-state index contributed by atoms with van der Waals surface area (Å²) < 4.78 is 4.79. The van der Waals surface area contributed by atoms with Crippen LogP contribution in [0.4, 0.5) is 0 Å². The fraction of sp³-hybridized carbons (Fsp3) is 0.400. The summed E-state index contributed by atoms with van der Waals surface area (Å²) in [6.45, 7) is 1.78. The molecular formula is C15H20O6. The Balaban J connectivity index is 0.000000384. The molecule has 2 N–H and O–H groups in total. The van der Waals surface area contributed by atoms with Crippen molar-refractivity contribution in [1.82, 2.24) is 0 Å². The number of unbranched alkanes of at least 4 members (excludes halogenated alkanes) is 1. The molecule has 0 spiro atoms. The van der Waals surface area contributed by atoms with E-state index in [9.17, 15) is 14.4 Å². The van der Waals surface area contributed by atoms with E-state index in [-0.39, 0.29) is 18.8 Å². The third-order valence-electron chi connectivity index (χ3n) is 2.32. The van der Waals surface area contributed by atoms with Crippen LogP contribution in [0.3, 0.4) is 0 Å². The molecule has 0 heterocycles. The van der Waals surface area contributed by atoms with E-state index in [0.717, 1.165) is 5.56 Å². The normalized spacial score (nSPS) is 9.19. The van der Waals surface area contributed by atoms with Crippen molar-refractivity contribution < 1.29 is 29.3 Å². The molecule has 6 heteroatoms. The number of benzene rings is 1.